The number of halogens is 4. The molecule has 0 N–H and O–H groups in total. The van der Waals surface area contributed by atoms with Crippen molar-refractivity contribution in [2.45, 2.75) is 75.3 Å². The van der Waals surface area contributed by atoms with Gasteiger partial charge in [-0.15, -0.1) is 0 Å². The minimum Gasteiger partial charge on any atom is -1.00 e. The molecule has 6 rings (SSSR count). The van der Waals surface area contributed by atoms with E-state index in [0.29, 0.717) is 3.63 Å². The van der Waals surface area contributed by atoms with Crippen molar-refractivity contribution in [2.75, 3.05) is 0 Å². The molecule has 0 spiro atoms. The summed E-state index contributed by atoms with van der Waals surface area (Å²) in [5.41, 5.74) is 11.9. The summed E-state index contributed by atoms with van der Waals surface area (Å²) in [6, 6.07) is 32.6. The Morgan fingerprint density at radius 2 is 1.13 bits per heavy atom. The molecule has 0 heterocycles. The maximum Gasteiger partial charge on any atom is -1.00 e. The summed E-state index contributed by atoms with van der Waals surface area (Å²) in [5.74, 6) is 0. The number of rotatable bonds is 6. The Hall–Kier alpha value is -1.35. The summed E-state index contributed by atoms with van der Waals surface area (Å²) in [6.07, 6.45) is 10.3. The smallest absolute Gasteiger partial charge is 1.00 e. The van der Waals surface area contributed by atoms with Crippen LogP contribution in [0.1, 0.15) is 85.0 Å². The van der Waals surface area contributed by atoms with E-state index in [2.05, 4.69) is 177 Å². The van der Waals surface area contributed by atoms with Gasteiger partial charge in [-0.05, 0) is 0 Å². The van der Waals surface area contributed by atoms with Gasteiger partial charge in [0.1, 0.15) is 0 Å². The number of fused-ring (bicyclic) bond motifs is 3. The maximum atomic E-state index is 3.92. The minimum absolute atomic E-state index is 0. The summed E-state index contributed by atoms with van der Waals surface area (Å²) in [4.78, 5) is 0. The fourth-order valence-electron chi connectivity index (χ4n) is 6.75. The van der Waals surface area contributed by atoms with Crippen molar-refractivity contribution in [2.24, 2.45) is 0 Å². The van der Waals surface area contributed by atoms with Crippen LogP contribution in [-0.2, 0) is 44.9 Å². The van der Waals surface area contributed by atoms with Crippen molar-refractivity contribution >= 4 is 35.1 Å². The zero-order valence-electron chi connectivity index (χ0n) is 27.5. The Balaban J connectivity index is 0.00000240. The van der Waals surface area contributed by atoms with E-state index in [-0.39, 0.29) is 35.6 Å². The molecule has 4 aromatic rings. The predicted molar refractivity (Wildman–Crippen MR) is 194 cm³/mol. The second kappa shape index (κ2) is 15.0. The molecule has 0 fully saturated rings. The van der Waals surface area contributed by atoms with Gasteiger partial charge in [-0.25, -0.2) is 0 Å². The van der Waals surface area contributed by atoms with Crippen molar-refractivity contribution in [3.8, 4) is 11.1 Å². The van der Waals surface area contributed by atoms with Crippen LogP contribution in [0.4, 0.5) is 0 Å². The summed E-state index contributed by atoms with van der Waals surface area (Å²) in [6.45, 7) is 14.0. The molecule has 0 amide bonds. The molecule has 0 aliphatic heterocycles. The van der Waals surface area contributed by atoms with Crippen LogP contribution < -0.4 is 24.8 Å². The SMILES string of the molecule is CC(C)(C)c1ccc2c(c1)-c1cc(C(C)(C)C)ccc1[CH]2[Zr+2]([C]1=CC=CC1)=[C](Cc1ccccc1Br)Cc1ccccc1Br.[Cl-].[Cl-]. The number of allylic oxidation sites excluding steroid dienone is 4. The van der Waals surface area contributed by atoms with E-state index >= 15 is 0 Å². The second-order valence-electron chi connectivity index (χ2n) is 14.4. The maximum absolute atomic E-state index is 3.92. The van der Waals surface area contributed by atoms with Crippen LogP contribution in [0.25, 0.3) is 11.1 Å². The third-order valence-electron chi connectivity index (χ3n) is 9.26. The van der Waals surface area contributed by atoms with Crippen LogP contribution in [0, 0.1) is 0 Å². The van der Waals surface area contributed by atoms with Crippen molar-refractivity contribution < 1.29 is 46.1 Å². The molecule has 238 valence electrons. The first-order chi connectivity index (χ1) is 20.9. The van der Waals surface area contributed by atoms with Crippen LogP contribution in [0.2, 0.25) is 0 Å². The molecule has 0 saturated heterocycles. The summed E-state index contributed by atoms with van der Waals surface area (Å²) in [7, 11) is 0. The van der Waals surface area contributed by atoms with Gasteiger partial charge >= 0.3 is 291 Å². The Morgan fingerprint density at radius 1 is 0.674 bits per heavy atom. The zero-order valence-corrected chi connectivity index (χ0v) is 34.7. The normalized spacial score (nSPS) is 13.6. The van der Waals surface area contributed by atoms with Crippen molar-refractivity contribution in [3.05, 3.63) is 149 Å². The Morgan fingerprint density at radius 3 is 1.52 bits per heavy atom. The number of benzene rings is 4. The van der Waals surface area contributed by atoms with Crippen molar-refractivity contribution in [1.82, 2.24) is 0 Å². The Kier molecular flexibility index (Phi) is 12.3. The van der Waals surface area contributed by atoms with E-state index in [9.17, 15) is 0 Å². The second-order valence-corrected chi connectivity index (χ2v) is 22.9. The molecule has 2 aliphatic carbocycles. The third-order valence-corrected chi connectivity index (χ3v) is 19.1. The van der Waals surface area contributed by atoms with Gasteiger partial charge in [0.25, 0.3) is 0 Å². The molecule has 0 atom stereocenters. The first-order valence-corrected chi connectivity index (χ1v) is 21.2. The summed E-state index contributed by atoms with van der Waals surface area (Å²) < 4.78 is 6.34. The molecule has 0 radical (unpaired) electrons. The average Bonchev–Trinajstić information content (AvgIpc) is 3.61. The van der Waals surface area contributed by atoms with E-state index in [1.165, 1.54) is 42.3 Å². The van der Waals surface area contributed by atoms with Gasteiger partial charge in [0.15, 0.2) is 0 Å². The van der Waals surface area contributed by atoms with E-state index in [0.717, 1.165) is 19.3 Å². The summed E-state index contributed by atoms with van der Waals surface area (Å²) in [5, 5.41) is 0. The largest absolute Gasteiger partial charge is 1.00 e. The molecular weight excluding hydrogens is 814 g/mol. The molecule has 5 heteroatoms. The van der Waals surface area contributed by atoms with Gasteiger partial charge in [-0.2, -0.15) is 0 Å². The van der Waals surface area contributed by atoms with Crippen molar-refractivity contribution in [3.63, 3.8) is 0 Å². The van der Waals surface area contributed by atoms with Crippen LogP contribution >= 0.6 is 31.9 Å². The van der Waals surface area contributed by atoms with Gasteiger partial charge in [0, 0.05) is 0 Å². The Bertz CT molecular complexity index is 1720. The minimum atomic E-state index is -2.59. The Labute approximate surface area is 313 Å². The molecule has 46 heavy (non-hydrogen) atoms. The first kappa shape index (κ1) is 37.5. The fourth-order valence-corrected chi connectivity index (χ4v) is 16.8. The third kappa shape index (κ3) is 7.76. The molecular formula is C41H42Br2Cl2Zr. The molecule has 0 aromatic heterocycles. The van der Waals surface area contributed by atoms with Gasteiger partial charge in [0.05, 0.1) is 0 Å². The molecule has 0 unspecified atom stereocenters. The predicted octanol–water partition coefficient (Wildman–Crippen LogP) is 6.00. The standard InChI is InChI=1S/C21H25.C15H12Br2.C5H5.2ClH.Zr/c1-20(2,3)16-9-7-14-11-15-8-10-17(21(4,5)6)13-19(15)18(14)12-16;16-14-10-3-1-6-12(14)8-5-9-13-7-2-4-11-15(13)17;1-2-4-5-3-1;;;/h7-13H,1-6H3;1-4,6-7,10-11H,8-9H2;1-3H,4H2;2*1H;/q;;;;;+2/p-2. The van der Waals surface area contributed by atoms with Crippen LogP contribution in [-0.4, -0.2) is 3.21 Å². The topological polar surface area (TPSA) is 0 Å². The zero-order chi connectivity index (χ0) is 31.2. The van der Waals surface area contributed by atoms with Gasteiger partial charge in [0.2, 0.25) is 0 Å². The quantitative estimate of drug-likeness (QED) is 0.224. The van der Waals surface area contributed by atoms with Crippen LogP contribution in [0.5, 0.6) is 0 Å². The van der Waals surface area contributed by atoms with E-state index in [4.69, 9.17) is 0 Å². The molecule has 4 aromatic carbocycles. The molecule has 2 aliphatic rings. The molecule has 0 nitrogen and oxygen atoms in total. The van der Waals surface area contributed by atoms with E-state index in [1.807, 2.05) is 0 Å². The van der Waals surface area contributed by atoms with Crippen molar-refractivity contribution in [1.29, 1.82) is 0 Å². The van der Waals surface area contributed by atoms with Gasteiger partial charge < -0.3 is 24.8 Å². The van der Waals surface area contributed by atoms with Crippen LogP contribution in [0.3, 0.4) is 0 Å². The summed E-state index contributed by atoms with van der Waals surface area (Å²) >= 11 is 5.25. The fraction of sp³-hybridized carbons (Fsp3) is 0.293. The monoisotopic (exact) mass is 852 g/mol. The van der Waals surface area contributed by atoms with Crippen LogP contribution in [0.15, 0.2) is 115 Å². The number of hydrogen-bond donors (Lipinski definition) is 0. The van der Waals surface area contributed by atoms with Gasteiger partial charge in [-0.3, -0.25) is 0 Å². The van der Waals surface area contributed by atoms with E-state index < -0.39 is 21.3 Å². The molecule has 0 bridgehead atoms. The number of hydrogen-bond acceptors (Lipinski definition) is 0. The van der Waals surface area contributed by atoms with Gasteiger partial charge in [-0.1, -0.05) is 0 Å². The first-order valence-electron chi connectivity index (χ1n) is 15.8. The molecule has 0 saturated carbocycles. The van der Waals surface area contributed by atoms with E-state index in [1.54, 1.807) is 17.6 Å². The average molecular weight is 857 g/mol.